The minimum atomic E-state index is -3.53. The van der Waals surface area contributed by atoms with Crippen LogP contribution < -0.4 is 42.5 Å². The average molecular weight is 1610 g/mol. The predicted molar refractivity (Wildman–Crippen MR) is 400 cm³/mol. The number of esters is 4. The smallest absolute Gasteiger partial charge is 0.303 e. The van der Waals surface area contributed by atoms with Crippen LogP contribution >= 0.6 is 14.3 Å². The number of aliphatic hydroxyl groups excluding tert-OH is 7. The van der Waals surface area contributed by atoms with Gasteiger partial charge in [0.2, 0.25) is 6.29 Å². The Morgan fingerprint density at radius 2 is 0.796 bits per heavy atom. The third-order valence-electron chi connectivity index (χ3n) is 18.1. The van der Waals surface area contributed by atoms with E-state index in [1.807, 2.05) is 24.3 Å². The standard InChI is InChI=1S/C30H32NO8P.C26H28NO7P.C11H16N4O8.C7H13N3O5/c1-4-24-27(37-19(2)32)28(38-20(3)33)26(30(35)39-24)31-29(34)23-17-11-12-18-25(23)40(36,21-13-7-5-8-14-21)22-15-9-6-10-16-22;1-33-26-22(24(30)23(29)20(16-28)34-26)27-25(31)19-14-8-9-15-21(19)35(32,17-10-4-2-5-11-17)18-12-6-3-7-13-18;1-4-7-9(20-5(2)16)10(21-6(3)17)8(13-14-12)11(22-7)23-15(18)19;1-14-7-4(9-10-8)6(13)5(12)3(2-11)15-7/h5-18,24,26-28,30,35H,4H2,1-3H3,(H,31,34);2-15,20,22-24,26,28-30H,16H2,1H3,(H,27,31);7-11H,4H2,1-3H3;3-7,11-13H,2H2,1H3/t24?,26?,27-,28-,30?;20?,22?,23-,24+,26?;7?,8-,9+,10?,11?;3?,4?,5-,6+,7?/m1000/s1. The van der Waals surface area contributed by atoms with Gasteiger partial charge in [-0.1, -0.05) is 182 Å². The van der Waals surface area contributed by atoms with Crippen molar-refractivity contribution in [3.8, 4) is 0 Å². The number of aliphatic hydroxyl groups is 7. The van der Waals surface area contributed by atoms with E-state index in [4.69, 9.17) is 63.5 Å². The number of hydrogen-bond donors (Lipinski definition) is 9. The molecule has 608 valence electrons. The number of carbonyl (C=O) groups excluding carboxylic acids is 6. The van der Waals surface area contributed by atoms with Gasteiger partial charge in [-0.05, 0) is 36.0 Å². The Bertz CT molecular complexity index is 4280. The number of rotatable bonds is 24. The Labute approximate surface area is 647 Å². The highest BCUT2D eigenvalue weighted by molar-refractivity contribution is 7.86. The molecule has 6 aromatic rings. The summed E-state index contributed by atoms with van der Waals surface area (Å²) in [6, 6.07) is 44.0. The Morgan fingerprint density at radius 1 is 0.460 bits per heavy atom. The third kappa shape index (κ3) is 22.2. The molecular weight excluding hydrogens is 1520 g/mol. The van der Waals surface area contributed by atoms with Gasteiger partial charge in [-0.25, -0.2) is 0 Å². The first kappa shape index (κ1) is 90.1. The molecule has 20 atom stereocenters. The summed E-state index contributed by atoms with van der Waals surface area (Å²) >= 11 is 0. The molecule has 0 spiro atoms. The zero-order chi connectivity index (χ0) is 82.9. The summed E-state index contributed by atoms with van der Waals surface area (Å²) in [5.74, 6) is -4.04. The molecule has 6 aromatic carbocycles. The molecule has 37 nitrogen and oxygen atoms in total. The lowest BCUT2D eigenvalue weighted by atomic mass is 9.94. The van der Waals surface area contributed by atoms with Gasteiger partial charge in [0.25, 0.3) is 16.9 Å². The normalized spacial score (nSPS) is 27.1. The number of benzene rings is 6. The van der Waals surface area contributed by atoms with Crippen molar-refractivity contribution in [1.29, 1.82) is 0 Å². The van der Waals surface area contributed by atoms with Crippen molar-refractivity contribution < 1.29 is 131 Å². The number of azide groups is 2. The van der Waals surface area contributed by atoms with E-state index in [-0.39, 0.29) is 17.5 Å². The fourth-order valence-electron chi connectivity index (χ4n) is 12.9. The molecule has 0 aliphatic carbocycles. The van der Waals surface area contributed by atoms with Crippen LogP contribution in [-0.2, 0) is 80.5 Å². The van der Waals surface area contributed by atoms with Crippen molar-refractivity contribution in [3.63, 3.8) is 0 Å². The fraction of sp³-hybridized carbons (Fsp3) is 0.432. The first-order valence-electron chi connectivity index (χ1n) is 35.1. The lowest BCUT2D eigenvalue weighted by molar-refractivity contribution is -0.783. The molecule has 4 aliphatic heterocycles. The lowest BCUT2D eigenvalue weighted by Gasteiger charge is -2.43. The van der Waals surface area contributed by atoms with Crippen LogP contribution in [0.4, 0.5) is 0 Å². The van der Waals surface area contributed by atoms with Gasteiger partial charge < -0.3 is 103 Å². The van der Waals surface area contributed by atoms with Crippen molar-refractivity contribution >= 4 is 81.8 Å². The topological polar surface area (TPSA) is 544 Å². The fourth-order valence-corrected chi connectivity index (χ4v) is 18.6. The second kappa shape index (κ2) is 42.7. The van der Waals surface area contributed by atoms with Crippen LogP contribution in [-0.4, -0.2) is 227 Å². The maximum absolute atomic E-state index is 15.0. The third-order valence-corrected chi connectivity index (χ3v) is 24.3. The Morgan fingerprint density at radius 3 is 1.18 bits per heavy atom. The van der Waals surface area contributed by atoms with Crippen LogP contribution in [0.5, 0.6) is 0 Å². The van der Waals surface area contributed by atoms with Gasteiger partial charge in [-0.15, -0.1) is 10.1 Å². The van der Waals surface area contributed by atoms with Gasteiger partial charge >= 0.3 is 23.9 Å². The van der Waals surface area contributed by atoms with Gasteiger partial charge in [0.05, 0.1) is 30.4 Å². The van der Waals surface area contributed by atoms with Crippen LogP contribution in [0.25, 0.3) is 20.9 Å². The minimum absolute atomic E-state index is 0.106. The van der Waals surface area contributed by atoms with Crippen molar-refractivity contribution in [1.82, 2.24) is 10.6 Å². The average Bonchev–Trinajstić information content (AvgIpc) is 0.755. The first-order chi connectivity index (χ1) is 54.0. The summed E-state index contributed by atoms with van der Waals surface area (Å²) in [6.07, 6.45) is -18.5. The Balaban J connectivity index is 0.000000221. The maximum atomic E-state index is 15.0. The predicted octanol–water partition coefficient (Wildman–Crippen LogP) is 2.55. The van der Waals surface area contributed by atoms with E-state index >= 15 is 0 Å². The summed E-state index contributed by atoms with van der Waals surface area (Å²) in [7, 11) is -4.35. The van der Waals surface area contributed by atoms with Crippen LogP contribution in [0, 0.1) is 10.1 Å². The summed E-state index contributed by atoms with van der Waals surface area (Å²) < 4.78 is 82.5. The van der Waals surface area contributed by atoms with Crippen molar-refractivity contribution in [3.05, 3.63) is 212 Å². The van der Waals surface area contributed by atoms with E-state index in [0.29, 0.717) is 38.2 Å². The second-order valence-electron chi connectivity index (χ2n) is 25.4. The van der Waals surface area contributed by atoms with Crippen LogP contribution in [0.3, 0.4) is 0 Å². The van der Waals surface area contributed by atoms with Crippen molar-refractivity contribution in [2.75, 3.05) is 27.4 Å². The number of carbonyl (C=O) groups is 6. The Kier molecular flexibility index (Phi) is 34.0. The molecule has 12 unspecified atom stereocenters. The molecular formula is C74H89N9O28P2. The minimum Gasteiger partial charge on any atom is -0.458 e. The molecule has 0 aromatic heterocycles. The molecule has 4 aliphatic rings. The molecule has 113 heavy (non-hydrogen) atoms. The van der Waals surface area contributed by atoms with Gasteiger partial charge in [0, 0.05) is 83.6 Å². The SMILES string of the molecule is CCC1OC(O)C(NC(=O)c2ccccc2P(=O)(c2ccccc2)c2ccccc2)[C@@H](OC(C)=O)[C@@H]1OC(C)=O.CCC1OC(O[N+](=O)[O-])[C@@H](N=[N+]=[N-])C(OC(C)=O)[C@@H]1OC(C)=O.COC1OC(CO)[C@H](O)[C@H](O)C1N=[N+]=[N-].COC1OC(CO)[C@H](O)[C@H](O)C1NC(=O)c1ccccc1P(=O)(c1ccccc1)c1ccccc1. The maximum Gasteiger partial charge on any atom is 0.303 e. The quantitative estimate of drug-likeness (QED) is 0.00614. The van der Waals surface area contributed by atoms with Gasteiger partial charge in [-0.3, -0.25) is 33.6 Å². The van der Waals surface area contributed by atoms with Gasteiger partial charge in [0.1, 0.15) is 66.9 Å². The number of nitrogens with one attached hydrogen (secondary N) is 2. The summed E-state index contributed by atoms with van der Waals surface area (Å²) in [6.45, 7) is 7.06. The first-order valence-corrected chi connectivity index (χ1v) is 38.6. The monoisotopic (exact) mass is 1610 g/mol. The molecule has 9 N–H and O–H groups in total. The lowest BCUT2D eigenvalue weighted by Crippen LogP contribution is -2.65. The largest absolute Gasteiger partial charge is 0.458 e. The molecule has 4 fully saturated rings. The van der Waals surface area contributed by atoms with Crippen LogP contribution in [0.2, 0.25) is 0 Å². The molecule has 10 rings (SSSR count). The van der Waals surface area contributed by atoms with Gasteiger partial charge in [0.15, 0.2) is 57.6 Å². The summed E-state index contributed by atoms with van der Waals surface area (Å²) in [5.41, 5.74) is 17.2. The van der Waals surface area contributed by atoms with Crippen molar-refractivity contribution in [2.45, 2.75) is 177 Å². The molecule has 2 amide bonds. The summed E-state index contributed by atoms with van der Waals surface area (Å²) in [4.78, 5) is 93.8. The zero-order valence-electron chi connectivity index (χ0n) is 62.3. The number of hydrogen-bond acceptors (Lipinski definition) is 30. The van der Waals surface area contributed by atoms with E-state index in [1.54, 1.807) is 159 Å². The number of methoxy groups -OCH3 is 2. The molecule has 0 saturated carbocycles. The van der Waals surface area contributed by atoms with Crippen LogP contribution in [0.15, 0.2) is 180 Å². The van der Waals surface area contributed by atoms with Crippen LogP contribution in [0.1, 0.15) is 75.1 Å². The highest BCUT2D eigenvalue weighted by atomic mass is 31.2. The number of amides is 2. The van der Waals surface area contributed by atoms with Crippen molar-refractivity contribution in [2.24, 2.45) is 10.2 Å². The second-order valence-corrected chi connectivity index (χ2v) is 30.9. The molecule has 4 saturated heterocycles. The summed E-state index contributed by atoms with van der Waals surface area (Å²) in [5, 5.41) is 93.4. The highest BCUT2D eigenvalue weighted by Gasteiger charge is 2.53. The van der Waals surface area contributed by atoms with E-state index in [1.165, 1.54) is 28.1 Å². The van der Waals surface area contributed by atoms with Gasteiger partial charge in [-0.2, -0.15) is 0 Å². The molecule has 0 bridgehead atoms. The van der Waals surface area contributed by atoms with E-state index in [2.05, 4.69) is 35.5 Å². The highest BCUT2D eigenvalue weighted by Crippen LogP contribution is 2.45. The zero-order valence-corrected chi connectivity index (χ0v) is 64.1. The number of ether oxygens (including phenoxy) is 10. The molecule has 4 heterocycles. The number of nitrogens with zero attached hydrogens (tertiary/aromatic N) is 7. The molecule has 0 radical (unpaired) electrons. The Hall–Kier alpha value is -10.1. The van der Waals surface area contributed by atoms with E-state index in [0.717, 1.165) is 13.8 Å². The van der Waals surface area contributed by atoms with E-state index < -0.39 is 191 Å². The van der Waals surface area contributed by atoms with E-state index in [9.17, 15) is 78.7 Å². The molecule has 39 heteroatoms.